The quantitative estimate of drug-likeness (QED) is 0.846. The van der Waals surface area contributed by atoms with Crippen LogP contribution in [0.15, 0.2) is 0 Å². The zero-order valence-electron chi connectivity index (χ0n) is 12.4. The predicted molar refractivity (Wildman–Crippen MR) is 76.9 cm³/mol. The van der Waals surface area contributed by atoms with Gasteiger partial charge in [0.1, 0.15) is 0 Å². The Morgan fingerprint density at radius 1 is 0.947 bits per heavy atom. The SMILES string of the molecule is C[C@H]([C@@H](O)C12CC3CC(CC(C3)C1)C2)N1CCCC1. The third-order valence-electron chi connectivity index (χ3n) is 6.89. The van der Waals surface area contributed by atoms with Gasteiger partial charge < -0.3 is 5.11 Å². The first-order valence-corrected chi connectivity index (χ1v) is 8.58. The summed E-state index contributed by atoms with van der Waals surface area (Å²) in [6.45, 7) is 4.71. The molecule has 0 amide bonds. The number of likely N-dealkylation sites (tertiary alicyclic amines) is 1. The first kappa shape index (κ1) is 12.6. The average Bonchev–Trinajstić information content (AvgIpc) is 2.89. The highest BCUT2D eigenvalue weighted by Crippen LogP contribution is 2.61. The van der Waals surface area contributed by atoms with Gasteiger partial charge in [0.05, 0.1) is 6.10 Å². The Kier molecular flexibility index (Phi) is 2.97. The van der Waals surface area contributed by atoms with Crippen LogP contribution in [0.4, 0.5) is 0 Å². The van der Waals surface area contributed by atoms with E-state index in [0.29, 0.717) is 11.5 Å². The topological polar surface area (TPSA) is 23.5 Å². The second-order valence-electron chi connectivity index (χ2n) is 8.21. The van der Waals surface area contributed by atoms with Crippen LogP contribution in [0.1, 0.15) is 58.3 Å². The molecule has 2 atom stereocenters. The predicted octanol–water partition coefficient (Wildman–Crippen LogP) is 3.05. The van der Waals surface area contributed by atoms with Gasteiger partial charge in [0.25, 0.3) is 0 Å². The van der Waals surface area contributed by atoms with E-state index in [2.05, 4.69) is 11.8 Å². The van der Waals surface area contributed by atoms with Gasteiger partial charge in [-0.15, -0.1) is 0 Å². The second kappa shape index (κ2) is 4.46. The fourth-order valence-corrected chi connectivity index (χ4v) is 6.40. The summed E-state index contributed by atoms with van der Waals surface area (Å²) in [5.41, 5.74) is 0.302. The van der Waals surface area contributed by atoms with E-state index in [-0.39, 0.29) is 6.10 Å². The Morgan fingerprint density at radius 2 is 1.42 bits per heavy atom. The van der Waals surface area contributed by atoms with Crippen molar-refractivity contribution < 1.29 is 5.11 Å². The van der Waals surface area contributed by atoms with E-state index < -0.39 is 0 Å². The van der Waals surface area contributed by atoms with Crippen molar-refractivity contribution in [2.45, 2.75) is 70.4 Å². The van der Waals surface area contributed by atoms with Gasteiger partial charge in [-0.3, -0.25) is 4.90 Å². The minimum atomic E-state index is -0.0704. The summed E-state index contributed by atoms with van der Waals surface area (Å²) in [6, 6.07) is 0.388. The van der Waals surface area contributed by atoms with Crippen LogP contribution in [-0.2, 0) is 0 Å². The van der Waals surface area contributed by atoms with Crippen LogP contribution in [0.3, 0.4) is 0 Å². The third-order valence-corrected chi connectivity index (χ3v) is 6.89. The van der Waals surface area contributed by atoms with Crippen molar-refractivity contribution >= 4 is 0 Å². The number of nitrogens with zero attached hydrogens (tertiary/aromatic N) is 1. The van der Waals surface area contributed by atoms with Gasteiger partial charge in [-0.25, -0.2) is 0 Å². The molecule has 5 fully saturated rings. The molecule has 108 valence electrons. The molecule has 0 radical (unpaired) electrons. The van der Waals surface area contributed by atoms with E-state index in [1.54, 1.807) is 0 Å². The summed E-state index contributed by atoms with van der Waals surface area (Å²) in [7, 11) is 0. The zero-order valence-corrected chi connectivity index (χ0v) is 12.4. The maximum atomic E-state index is 11.1. The third kappa shape index (κ3) is 1.98. The molecule has 0 aromatic heterocycles. The monoisotopic (exact) mass is 263 g/mol. The van der Waals surface area contributed by atoms with Crippen molar-refractivity contribution in [2.24, 2.45) is 23.2 Å². The van der Waals surface area contributed by atoms with Crippen LogP contribution < -0.4 is 0 Å². The van der Waals surface area contributed by atoms with Crippen molar-refractivity contribution in [3.05, 3.63) is 0 Å². The molecule has 0 spiro atoms. The lowest BCUT2D eigenvalue weighted by Gasteiger charge is -2.59. The Labute approximate surface area is 117 Å². The molecule has 2 heteroatoms. The van der Waals surface area contributed by atoms with Crippen LogP contribution in [-0.4, -0.2) is 35.2 Å². The lowest BCUT2D eigenvalue weighted by atomic mass is 9.47. The molecule has 5 aliphatic rings. The molecule has 1 aliphatic heterocycles. The summed E-state index contributed by atoms with van der Waals surface area (Å²) in [4.78, 5) is 2.54. The van der Waals surface area contributed by atoms with Crippen molar-refractivity contribution in [3.63, 3.8) is 0 Å². The average molecular weight is 263 g/mol. The fourth-order valence-electron chi connectivity index (χ4n) is 6.40. The Morgan fingerprint density at radius 3 is 1.89 bits per heavy atom. The number of hydrogen-bond acceptors (Lipinski definition) is 2. The number of aliphatic hydroxyl groups excluding tert-OH is 1. The molecule has 4 bridgehead atoms. The minimum Gasteiger partial charge on any atom is -0.391 e. The van der Waals surface area contributed by atoms with Crippen LogP contribution in [0, 0.1) is 23.2 Å². The van der Waals surface area contributed by atoms with Gasteiger partial charge in [-0.1, -0.05) is 0 Å². The summed E-state index contributed by atoms with van der Waals surface area (Å²) >= 11 is 0. The number of aliphatic hydroxyl groups is 1. The molecule has 1 heterocycles. The molecule has 0 unspecified atom stereocenters. The maximum absolute atomic E-state index is 11.1. The molecule has 1 N–H and O–H groups in total. The van der Waals surface area contributed by atoms with Crippen molar-refractivity contribution in [1.82, 2.24) is 4.90 Å². The summed E-state index contributed by atoms with van der Waals surface area (Å²) in [5, 5.41) is 11.1. The normalized spacial score (nSPS) is 48.6. The molecule has 4 aliphatic carbocycles. The van der Waals surface area contributed by atoms with Crippen molar-refractivity contribution in [3.8, 4) is 0 Å². The molecular weight excluding hydrogens is 234 g/mol. The largest absolute Gasteiger partial charge is 0.391 e. The van der Waals surface area contributed by atoms with E-state index in [1.807, 2.05) is 0 Å². The lowest BCUT2D eigenvalue weighted by molar-refractivity contribution is -0.139. The van der Waals surface area contributed by atoms with Gasteiger partial charge in [0.15, 0.2) is 0 Å². The lowest BCUT2D eigenvalue weighted by Crippen LogP contribution is -2.57. The second-order valence-corrected chi connectivity index (χ2v) is 8.21. The van der Waals surface area contributed by atoms with Crippen LogP contribution >= 0.6 is 0 Å². The first-order chi connectivity index (χ1) is 9.16. The Balaban J connectivity index is 1.53. The van der Waals surface area contributed by atoms with E-state index in [1.165, 1.54) is 64.5 Å². The number of rotatable bonds is 3. The Hall–Kier alpha value is -0.0800. The van der Waals surface area contributed by atoms with E-state index in [9.17, 15) is 5.11 Å². The highest BCUT2D eigenvalue weighted by molar-refractivity contribution is 5.06. The van der Waals surface area contributed by atoms with Crippen molar-refractivity contribution in [1.29, 1.82) is 0 Å². The minimum absolute atomic E-state index is 0.0704. The molecule has 2 nitrogen and oxygen atoms in total. The van der Waals surface area contributed by atoms with Gasteiger partial charge >= 0.3 is 0 Å². The van der Waals surface area contributed by atoms with Crippen LogP contribution in [0.25, 0.3) is 0 Å². The molecule has 19 heavy (non-hydrogen) atoms. The highest BCUT2D eigenvalue weighted by atomic mass is 16.3. The number of hydrogen-bond donors (Lipinski definition) is 1. The summed E-state index contributed by atoms with van der Waals surface area (Å²) in [5.74, 6) is 2.85. The summed E-state index contributed by atoms with van der Waals surface area (Å²) < 4.78 is 0. The van der Waals surface area contributed by atoms with Gasteiger partial charge in [0.2, 0.25) is 0 Å². The Bertz CT molecular complexity index is 312. The molecule has 0 aromatic carbocycles. The van der Waals surface area contributed by atoms with Gasteiger partial charge in [-0.05, 0) is 94.5 Å². The van der Waals surface area contributed by atoms with E-state index >= 15 is 0 Å². The van der Waals surface area contributed by atoms with E-state index in [4.69, 9.17) is 0 Å². The molecule has 1 saturated heterocycles. The smallest absolute Gasteiger partial charge is 0.0749 e. The molecule has 4 saturated carbocycles. The van der Waals surface area contributed by atoms with Crippen LogP contribution in [0.5, 0.6) is 0 Å². The molecule has 5 rings (SSSR count). The molecular formula is C17H29NO. The maximum Gasteiger partial charge on any atom is 0.0749 e. The van der Waals surface area contributed by atoms with Gasteiger partial charge in [0, 0.05) is 6.04 Å². The first-order valence-electron chi connectivity index (χ1n) is 8.58. The standard InChI is InChI=1S/C17H29NO/c1-12(18-4-2-3-5-18)16(19)17-9-13-6-14(10-17)8-15(7-13)11-17/h12-16,19H,2-11H2,1H3/t12-,13?,14?,15?,16-,17?/m1/s1. The molecule has 0 aromatic rings. The van der Waals surface area contributed by atoms with Crippen molar-refractivity contribution in [2.75, 3.05) is 13.1 Å². The van der Waals surface area contributed by atoms with Gasteiger partial charge in [-0.2, -0.15) is 0 Å². The van der Waals surface area contributed by atoms with Crippen LogP contribution in [0.2, 0.25) is 0 Å². The fraction of sp³-hybridized carbons (Fsp3) is 1.00. The zero-order chi connectivity index (χ0) is 13.0. The van der Waals surface area contributed by atoms with E-state index in [0.717, 1.165) is 17.8 Å². The summed E-state index contributed by atoms with van der Waals surface area (Å²) in [6.07, 6.45) is 11.0. The highest BCUT2D eigenvalue weighted by Gasteiger charge is 2.55.